The number of para-hydroxylation sites is 1. The summed E-state index contributed by atoms with van der Waals surface area (Å²) in [6.07, 6.45) is 0.964. The van der Waals surface area contributed by atoms with E-state index in [0.717, 1.165) is 12.2 Å². The average molecular weight is 247 g/mol. The van der Waals surface area contributed by atoms with E-state index in [1.807, 2.05) is 30.3 Å². The summed E-state index contributed by atoms with van der Waals surface area (Å²) in [5, 5.41) is 2.09. The van der Waals surface area contributed by atoms with Gasteiger partial charge in [0.05, 0.1) is 6.61 Å². The van der Waals surface area contributed by atoms with Crippen LogP contribution in [0.3, 0.4) is 0 Å². The van der Waals surface area contributed by atoms with Crippen LogP contribution in [-0.2, 0) is 0 Å². The molecule has 1 aromatic heterocycles. The van der Waals surface area contributed by atoms with Crippen molar-refractivity contribution in [3.05, 3.63) is 52.7 Å². The second-order valence-electron chi connectivity index (χ2n) is 3.90. The summed E-state index contributed by atoms with van der Waals surface area (Å²) in [6, 6.07) is 14.1. The van der Waals surface area contributed by atoms with E-state index in [1.54, 1.807) is 11.3 Å². The van der Waals surface area contributed by atoms with Gasteiger partial charge in [-0.25, -0.2) is 0 Å². The molecular formula is C14H17NOS. The van der Waals surface area contributed by atoms with Crippen molar-refractivity contribution in [3.63, 3.8) is 0 Å². The molecule has 2 nitrogen and oxygen atoms in total. The summed E-state index contributed by atoms with van der Waals surface area (Å²) in [5.74, 6) is 1.34. The molecule has 1 atom stereocenters. The highest BCUT2D eigenvalue weighted by atomic mass is 32.1. The van der Waals surface area contributed by atoms with Gasteiger partial charge in [-0.15, -0.1) is 11.3 Å². The van der Waals surface area contributed by atoms with Crippen molar-refractivity contribution in [2.45, 2.75) is 12.3 Å². The number of thiophene rings is 1. The lowest BCUT2D eigenvalue weighted by Gasteiger charge is -2.13. The highest BCUT2D eigenvalue weighted by Gasteiger charge is 2.10. The number of hydrogen-bond acceptors (Lipinski definition) is 3. The molecule has 17 heavy (non-hydrogen) atoms. The summed E-state index contributed by atoms with van der Waals surface area (Å²) >= 11 is 1.77. The second kappa shape index (κ2) is 6.42. The van der Waals surface area contributed by atoms with Crippen LogP contribution < -0.4 is 10.5 Å². The molecule has 0 bridgehead atoms. The molecule has 1 heterocycles. The molecule has 0 saturated heterocycles. The van der Waals surface area contributed by atoms with E-state index in [0.29, 0.717) is 19.1 Å². The first kappa shape index (κ1) is 12.1. The Morgan fingerprint density at radius 2 is 1.94 bits per heavy atom. The average Bonchev–Trinajstić information content (AvgIpc) is 2.90. The van der Waals surface area contributed by atoms with Gasteiger partial charge in [0.25, 0.3) is 0 Å². The van der Waals surface area contributed by atoms with E-state index < -0.39 is 0 Å². The second-order valence-corrected chi connectivity index (χ2v) is 4.88. The van der Waals surface area contributed by atoms with Crippen LogP contribution >= 0.6 is 11.3 Å². The van der Waals surface area contributed by atoms with Gasteiger partial charge in [-0.05, 0) is 30.0 Å². The fourth-order valence-electron chi connectivity index (χ4n) is 1.74. The Labute approximate surface area is 106 Å². The molecule has 0 fully saturated rings. The molecule has 90 valence electrons. The third-order valence-corrected chi connectivity index (χ3v) is 3.74. The van der Waals surface area contributed by atoms with Crippen molar-refractivity contribution < 1.29 is 4.74 Å². The standard InChI is InChI=1S/C14H17NOS/c15-11-12(14-7-4-10-17-14)8-9-16-13-5-2-1-3-6-13/h1-7,10,12H,8-9,11,15H2. The van der Waals surface area contributed by atoms with E-state index in [4.69, 9.17) is 10.5 Å². The molecule has 0 amide bonds. The Kier molecular flexibility index (Phi) is 4.59. The van der Waals surface area contributed by atoms with Gasteiger partial charge in [0, 0.05) is 17.3 Å². The fourth-order valence-corrected chi connectivity index (χ4v) is 2.61. The summed E-state index contributed by atoms with van der Waals surface area (Å²) in [5.41, 5.74) is 5.79. The van der Waals surface area contributed by atoms with Gasteiger partial charge in [-0.2, -0.15) is 0 Å². The number of rotatable bonds is 6. The maximum Gasteiger partial charge on any atom is 0.119 e. The molecule has 0 radical (unpaired) electrons. The largest absolute Gasteiger partial charge is 0.494 e. The van der Waals surface area contributed by atoms with Gasteiger partial charge in [0.15, 0.2) is 0 Å². The Hall–Kier alpha value is -1.32. The summed E-state index contributed by atoms with van der Waals surface area (Å²) < 4.78 is 5.69. The van der Waals surface area contributed by atoms with E-state index in [-0.39, 0.29) is 0 Å². The van der Waals surface area contributed by atoms with Gasteiger partial charge < -0.3 is 10.5 Å². The zero-order valence-corrected chi connectivity index (χ0v) is 10.5. The predicted molar refractivity (Wildman–Crippen MR) is 72.7 cm³/mol. The number of ether oxygens (including phenoxy) is 1. The summed E-state index contributed by atoms with van der Waals surface area (Å²) in [4.78, 5) is 1.35. The third kappa shape index (κ3) is 3.58. The molecule has 3 heteroatoms. The maximum atomic E-state index is 5.79. The third-order valence-electron chi connectivity index (χ3n) is 2.71. The molecule has 0 aliphatic rings. The van der Waals surface area contributed by atoms with Crippen LogP contribution in [0.15, 0.2) is 47.8 Å². The molecule has 1 aromatic carbocycles. The van der Waals surface area contributed by atoms with Crippen LogP contribution in [0.25, 0.3) is 0 Å². The van der Waals surface area contributed by atoms with Crippen molar-refractivity contribution in [2.24, 2.45) is 5.73 Å². The zero-order valence-electron chi connectivity index (χ0n) is 9.71. The SMILES string of the molecule is NCC(CCOc1ccccc1)c1cccs1. The van der Waals surface area contributed by atoms with Crippen LogP contribution in [0.4, 0.5) is 0 Å². The molecule has 1 unspecified atom stereocenters. The Morgan fingerprint density at radius 1 is 1.12 bits per heavy atom. The quantitative estimate of drug-likeness (QED) is 0.850. The topological polar surface area (TPSA) is 35.2 Å². The van der Waals surface area contributed by atoms with Crippen molar-refractivity contribution in [1.29, 1.82) is 0 Å². The van der Waals surface area contributed by atoms with E-state index >= 15 is 0 Å². The normalized spacial score (nSPS) is 12.3. The van der Waals surface area contributed by atoms with Crippen molar-refractivity contribution in [1.82, 2.24) is 0 Å². The van der Waals surface area contributed by atoms with E-state index in [2.05, 4.69) is 17.5 Å². The van der Waals surface area contributed by atoms with Gasteiger partial charge >= 0.3 is 0 Å². The Bertz CT molecular complexity index is 413. The number of benzene rings is 1. The first-order valence-corrected chi connectivity index (χ1v) is 6.69. The van der Waals surface area contributed by atoms with Crippen LogP contribution in [0.5, 0.6) is 5.75 Å². The lowest BCUT2D eigenvalue weighted by molar-refractivity contribution is 0.299. The molecule has 0 spiro atoms. The van der Waals surface area contributed by atoms with Crippen LogP contribution in [0, 0.1) is 0 Å². The van der Waals surface area contributed by atoms with Crippen LogP contribution in [0.2, 0.25) is 0 Å². The molecule has 2 aromatic rings. The molecule has 0 aliphatic carbocycles. The van der Waals surface area contributed by atoms with Gasteiger partial charge in [-0.3, -0.25) is 0 Å². The number of hydrogen-bond donors (Lipinski definition) is 1. The minimum Gasteiger partial charge on any atom is -0.494 e. The Balaban J connectivity index is 1.81. The molecule has 2 rings (SSSR count). The van der Waals surface area contributed by atoms with Gasteiger partial charge in [-0.1, -0.05) is 24.3 Å². The maximum absolute atomic E-state index is 5.79. The predicted octanol–water partition coefficient (Wildman–Crippen LogP) is 3.26. The summed E-state index contributed by atoms with van der Waals surface area (Å²) in [6.45, 7) is 1.39. The van der Waals surface area contributed by atoms with Crippen LogP contribution in [0.1, 0.15) is 17.2 Å². The molecule has 0 saturated carbocycles. The van der Waals surface area contributed by atoms with Crippen molar-refractivity contribution in [3.8, 4) is 5.75 Å². The van der Waals surface area contributed by atoms with E-state index in [1.165, 1.54) is 4.88 Å². The smallest absolute Gasteiger partial charge is 0.119 e. The van der Waals surface area contributed by atoms with Crippen molar-refractivity contribution in [2.75, 3.05) is 13.2 Å². The first-order valence-electron chi connectivity index (χ1n) is 5.81. The minimum absolute atomic E-state index is 0.415. The lowest BCUT2D eigenvalue weighted by Crippen LogP contribution is -2.14. The molecule has 2 N–H and O–H groups in total. The Morgan fingerprint density at radius 3 is 2.59 bits per heavy atom. The lowest BCUT2D eigenvalue weighted by atomic mass is 10.0. The fraction of sp³-hybridized carbons (Fsp3) is 0.286. The number of nitrogens with two attached hydrogens (primary N) is 1. The van der Waals surface area contributed by atoms with Gasteiger partial charge in [0.1, 0.15) is 5.75 Å². The first-order chi connectivity index (χ1) is 8.40. The van der Waals surface area contributed by atoms with Gasteiger partial charge in [0.2, 0.25) is 0 Å². The van der Waals surface area contributed by atoms with Crippen LogP contribution in [-0.4, -0.2) is 13.2 Å². The summed E-state index contributed by atoms with van der Waals surface area (Å²) in [7, 11) is 0. The minimum atomic E-state index is 0.415. The zero-order chi connectivity index (χ0) is 11.9. The monoisotopic (exact) mass is 247 g/mol. The molecular weight excluding hydrogens is 230 g/mol. The van der Waals surface area contributed by atoms with Crippen molar-refractivity contribution >= 4 is 11.3 Å². The molecule has 0 aliphatic heterocycles. The highest BCUT2D eigenvalue weighted by Crippen LogP contribution is 2.23. The highest BCUT2D eigenvalue weighted by molar-refractivity contribution is 7.10. The van der Waals surface area contributed by atoms with E-state index in [9.17, 15) is 0 Å².